The van der Waals surface area contributed by atoms with Crippen molar-refractivity contribution in [1.29, 1.82) is 0 Å². The van der Waals surface area contributed by atoms with Crippen LogP contribution in [-0.4, -0.2) is 29.5 Å². The predicted molar refractivity (Wildman–Crippen MR) is 144 cm³/mol. The summed E-state index contributed by atoms with van der Waals surface area (Å²) in [6.45, 7) is 4.13. The lowest BCUT2D eigenvalue weighted by atomic mass is 9.96. The number of carbonyl (C=O) groups is 1. The monoisotopic (exact) mass is 583 g/mol. The molecule has 0 aliphatic heterocycles. The topological polar surface area (TPSA) is 116 Å². The molecule has 0 spiro atoms. The molecule has 1 atom stereocenters. The maximum atomic E-state index is 12.9. The van der Waals surface area contributed by atoms with Gasteiger partial charge in [-0.2, -0.15) is 26.3 Å². The zero-order chi connectivity index (χ0) is 30.8. The first-order valence-corrected chi connectivity index (χ1v) is 12.4. The van der Waals surface area contributed by atoms with Gasteiger partial charge >= 0.3 is 12.4 Å². The van der Waals surface area contributed by atoms with E-state index in [1.807, 2.05) is 6.92 Å². The van der Waals surface area contributed by atoms with Crippen molar-refractivity contribution in [2.75, 3.05) is 6.54 Å². The third-order valence-corrected chi connectivity index (χ3v) is 5.99. The maximum absolute atomic E-state index is 12.9. The van der Waals surface area contributed by atoms with Crippen LogP contribution in [0.15, 0.2) is 76.6 Å². The second-order valence-electron chi connectivity index (χ2n) is 9.18. The van der Waals surface area contributed by atoms with Gasteiger partial charge in [0.05, 0.1) is 17.2 Å². The van der Waals surface area contributed by atoms with Crippen LogP contribution < -0.4 is 22.3 Å². The Bertz CT molecular complexity index is 1290. The third-order valence-electron chi connectivity index (χ3n) is 5.99. The van der Waals surface area contributed by atoms with Gasteiger partial charge in [0.15, 0.2) is 5.96 Å². The Morgan fingerprint density at radius 1 is 0.927 bits per heavy atom. The average Bonchev–Trinajstić information content (AvgIpc) is 2.89. The van der Waals surface area contributed by atoms with Gasteiger partial charge in [0, 0.05) is 24.3 Å². The highest BCUT2D eigenvalue weighted by atomic mass is 19.4. The van der Waals surface area contributed by atoms with Crippen LogP contribution in [0.4, 0.5) is 26.3 Å². The molecule has 3 rings (SSSR count). The molecule has 0 fully saturated rings. The average molecular weight is 584 g/mol. The Morgan fingerprint density at radius 2 is 1.41 bits per heavy atom. The van der Waals surface area contributed by atoms with Crippen LogP contribution in [0.1, 0.15) is 53.6 Å². The van der Waals surface area contributed by atoms with Crippen molar-refractivity contribution < 1.29 is 31.1 Å². The van der Waals surface area contributed by atoms with E-state index in [-0.39, 0.29) is 12.0 Å². The normalized spacial score (nSPS) is 12.2. The zero-order valence-corrected chi connectivity index (χ0v) is 22.3. The number of hydrogen-bond acceptors (Lipinski definition) is 3. The molecule has 3 aromatic rings. The maximum Gasteiger partial charge on any atom is 0.416 e. The Morgan fingerprint density at radius 3 is 1.83 bits per heavy atom. The van der Waals surface area contributed by atoms with Gasteiger partial charge in [0.1, 0.15) is 0 Å². The van der Waals surface area contributed by atoms with E-state index in [1.54, 1.807) is 19.1 Å². The van der Waals surface area contributed by atoms with Crippen LogP contribution in [0.3, 0.4) is 0 Å². The number of aryl methyl sites for hydroxylation is 1. The van der Waals surface area contributed by atoms with Gasteiger partial charge in [-0.3, -0.25) is 14.6 Å². The number of rotatable bonds is 9. The van der Waals surface area contributed by atoms with E-state index >= 15 is 0 Å². The number of carbonyl (C=O) groups excluding carboxylic acids is 1. The molecule has 0 saturated carbocycles. The number of nitrogens with two attached hydrogens (primary N) is 2. The minimum Gasteiger partial charge on any atom is -0.370 e. The molecular formula is C28H31F6N5O2. The molecule has 5 N–H and O–H groups in total. The number of halogens is 6. The van der Waals surface area contributed by atoms with Gasteiger partial charge in [-0.25, -0.2) is 0 Å². The molecule has 7 nitrogen and oxygen atoms in total. The van der Waals surface area contributed by atoms with Crippen LogP contribution in [0.25, 0.3) is 0 Å². The van der Waals surface area contributed by atoms with Crippen molar-refractivity contribution in [1.82, 2.24) is 9.88 Å². The zero-order valence-electron chi connectivity index (χ0n) is 22.3. The molecule has 1 heterocycles. The summed E-state index contributed by atoms with van der Waals surface area (Å²) in [5.74, 6) is 0.117. The summed E-state index contributed by atoms with van der Waals surface area (Å²) in [6, 6.07) is 10.9. The Labute approximate surface area is 232 Å². The number of amides is 1. The van der Waals surface area contributed by atoms with Gasteiger partial charge < -0.3 is 21.4 Å². The first-order valence-electron chi connectivity index (χ1n) is 12.4. The summed E-state index contributed by atoms with van der Waals surface area (Å²) in [5, 5.41) is 2.64. The number of nitrogens with one attached hydrogen (secondary N) is 1. The van der Waals surface area contributed by atoms with Crippen molar-refractivity contribution in [3.05, 3.63) is 105 Å². The summed E-state index contributed by atoms with van der Waals surface area (Å²) in [4.78, 5) is 26.4. The Balaban J connectivity index is 0.000000415. The van der Waals surface area contributed by atoms with Crippen LogP contribution in [0, 0.1) is 6.92 Å². The van der Waals surface area contributed by atoms with Crippen LogP contribution in [0.5, 0.6) is 0 Å². The second kappa shape index (κ2) is 14.4. The molecule has 222 valence electrons. The lowest BCUT2D eigenvalue weighted by molar-refractivity contribution is -0.138. The minimum absolute atomic E-state index is 0.117. The smallest absolute Gasteiger partial charge is 0.370 e. The molecule has 0 radical (unpaired) electrons. The largest absolute Gasteiger partial charge is 0.416 e. The Kier molecular flexibility index (Phi) is 11.5. The quantitative estimate of drug-likeness (QED) is 0.108. The number of nitrogens with zero attached hydrogens (tertiary/aromatic N) is 2. The van der Waals surface area contributed by atoms with Crippen molar-refractivity contribution in [2.45, 2.75) is 51.1 Å². The van der Waals surface area contributed by atoms with E-state index in [0.29, 0.717) is 29.6 Å². The highest BCUT2D eigenvalue weighted by Gasteiger charge is 2.32. The molecule has 13 heteroatoms. The van der Waals surface area contributed by atoms with Crippen LogP contribution in [-0.2, 0) is 17.1 Å². The van der Waals surface area contributed by atoms with E-state index in [4.69, 9.17) is 11.5 Å². The molecule has 0 saturated heterocycles. The molecule has 1 amide bonds. The summed E-state index contributed by atoms with van der Waals surface area (Å²) < 4.78 is 78.6. The van der Waals surface area contributed by atoms with Crippen LogP contribution in [0.2, 0.25) is 0 Å². The highest BCUT2D eigenvalue weighted by molar-refractivity contribution is 5.75. The molecule has 41 heavy (non-hydrogen) atoms. The summed E-state index contributed by atoms with van der Waals surface area (Å²) in [6.07, 6.45) is -5.14. The summed E-state index contributed by atoms with van der Waals surface area (Å²) in [5.41, 5.74) is 9.22. The third kappa shape index (κ3) is 10.00. The fraction of sp³-hybridized carbons (Fsp3) is 0.321. The molecule has 1 unspecified atom stereocenters. The second-order valence-corrected chi connectivity index (χ2v) is 9.18. The first-order chi connectivity index (χ1) is 19.1. The van der Waals surface area contributed by atoms with Gasteiger partial charge in [0.2, 0.25) is 6.41 Å². The summed E-state index contributed by atoms with van der Waals surface area (Å²) >= 11 is 0. The van der Waals surface area contributed by atoms with E-state index in [1.165, 1.54) is 35.0 Å². The van der Waals surface area contributed by atoms with E-state index in [9.17, 15) is 35.9 Å². The van der Waals surface area contributed by atoms with E-state index in [0.717, 1.165) is 37.1 Å². The number of aliphatic imine (C=N–C) groups is 1. The van der Waals surface area contributed by atoms with Crippen molar-refractivity contribution in [2.24, 2.45) is 16.5 Å². The number of guanidine groups is 1. The van der Waals surface area contributed by atoms with Crippen molar-refractivity contribution in [3.8, 4) is 0 Å². The van der Waals surface area contributed by atoms with Gasteiger partial charge in [-0.15, -0.1) is 0 Å². The number of pyridine rings is 1. The van der Waals surface area contributed by atoms with Gasteiger partial charge in [-0.05, 0) is 68.1 Å². The molecule has 2 aromatic carbocycles. The van der Waals surface area contributed by atoms with E-state index < -0.39 is 35.1 Å². The molecule has 0 bridgehead atoms. The molecule has 1 aromatic heterocycles. The van der Waals surface area contributed by atoms with Gasteiger partial charge in [-0.1, -0.05) is 30.3 Å². The Hall–Kier alpha value is -4.29. The number of hydrogen-bond donors (Lipinski definition) is 3. The fourth-order valence-corrected chi connectivity index (χ4v) is 3.85. The number of benzene rings is 2. The van der Waals surface area contributed by atoms with Crippen molar-refractivity contribution >= 4 is 12.4 Å². The highest BCUT2D eigenvalue weighted by Crippen LogP contribution is 2.34. The molecule has 0 aliphatic rings. The lowest BCUT2D eigenvalue weighted by Crippen LogP contribution is -2.27. The SMILES string of the molecule is CC(CCCN=C(N)N)NC=O.Cc1cccn(C(c2ccc(C(F)(F)F)cc2)c2ccc(C(F)(F)F)cc2)c1=O. The molecular weight excluding hydrogens is 552 g/mol. The fourth-order valence-electron chi connectivity index (χ4n) is 3.85. The molecule has 0 aliphatic carbocycles. The predicted octanol–water partition coefficient (Wildman–Crippen LogP) is 5.01. The minimum atomic E-state index is -4.53. The number of alkyl halides is 6. The van der Waals surface area contributed by atoms with Crippen LogP contribution >= 0.6 is 0 Å². The summed E-state index contributed by atoms with van der Waals surface area (Å²) in [7, 11) is 0. The van der Waals surface area contributed by atoms with Crippen molar-refractivity contribution in [3.63, 3.8) is 0 Å². The first kappa shape index (κ1) is 32.9. The number of aromatic nitrogens is 1. The van der Waals surface area contributed by atoms with Gasteiger partial charge in [0.25, 0.3) is 5.56 Å². The standard InChI is InChI=1S/C21H15F6NO.C7H16N4O/c1-13-3-2-12-28(19(13)29)18(14-4-8-16(9-5-14)20(22,23)24)15-6-10-17(11-7-15)21(25,26)27;1-6(11-5-12)3-2-4-10-7(8)9/h2-12,18H,1H3;5-6H,2-4H2,1H3,(H,11,12)(H4,8,9,10). The lowest BCUT2D eigenvalue weighted by Gasteiger charge is -2.22. The van der Waals surface area contributed by atoms with E-state index in [2.05, 4.69) is 10.3 Å².